The zero-order valence-electron chi connectivity index (χ0n) is 14.7. The maximum Gasteiger partial charge on any atom is 0.261 e. The Morgan fingerprint density at radius 1 is 1.08 bits per heavy atom. The predicted octanol–water partition coefficient (Wildman–Crippen LogP) is 3.73. The van der Waals surface area contributed by atoms with Gasteiger partial charge in [-0.05, 0) is 49.9 Å². The van der Waals surface area contributed by atoms with Crippen LogP contribution in [0.25, 0.3) is 0 Å². The van der Waals surface area contributed by atoms with Crippen LogP contribution < -0.4 is 5.32 Å². The number of rotatable bonds is 6. The molecule has 26 heavy (non-hydrogen) atoms. The summed E-state index contributed by atoms with van der Waals surface area (Å²) in [5.74, 6) is -0.685. The van der Waals surface area contributed by atoms with E-state index in [1.807, 2.05) is 43.5 Å². The number of nitrogens with one attached hydrogen (secondary N) is 1. The van der Waals surface area contributed by atoms with Crippen molar-refractivity contribution in [2.45, 2.75) is 24.7 Å². The number of benzene rings is 2. The van der Waals surface area contributed by atoms with Crippen molar-refractivity contribution in [1.82, 2.24) is 4.90 Å². The van der Waals surface area contributed by atoms with E-state index in [0.29, 0.717) is 17.5 Å². The number of amides is 3. The topological polar surface area (TPSA) is 66.5 Å². The molecular formula is C20H20N2O3S. The molecule has 0 unspecified atom stereocenters. The van der Waals surface area contributed by atoms with Crippen molar-refractivity contribution in [3.05, 3.63) is 59.2 Å². The van der Waals surface area contributed by atoms with Gasteiger partial charge in [-0.1, -0.05) is 17.7 Å². The molecule has 0 saturated carbocycles. The highest BCUT2D eigenvalue weighted by atomic mass is 32.2. The average Bonchev–Trinajstić information content (AvgIpc) is 2.86. The van der Waals surface area contributed by atoms with E-state index < -0.39 is 0 Å². The molecule has 0 spiro atoms. The summed E-state index contributed by atoms with van der Waals surface area (Å²) in [6, 6.07) is 12.9. The number of fused-ring (bicyclic) bond motifs is 1. The van der Waals surface area contributed by atoms with E-state index >= 15 is 0 Å². The summed E-state index contributed by atoms with van der Waals surface area (Å²) in [5, 5.41) is 2.85. The van der Waals surface area contributed by atoms with Crippen LogP contribution in [-0.2, 0) is 4.79 Å². The lowest BCUT2D eigenvalue weighted by Gasteiger charge is -2.13. The van der Waals surface area contributed by atoms with Crippen LogP contribution in [0.2, 0.25) is 0 Å². The summed E-state index contributed by atoms with van der Waals surface area (Å²) in [6.45, 7) is 2.13. The van der Waals surface area contributed by atoms with Crippen molar-refractivity contribution in [3.63, 3.8) is 0 Å². The van der Waals surface area contributed by atoms with Crippen LogP contribution in [0.5, 0.6) is 0 Å². The van der Waals surface area contributed by atoms with Gasteiger partial charge in [0.25, 0.3) is 11.8 Å². The normalized spacial score (nSPS) is 13.1. The molecule has 134 valence electrons. The number of hydrogen-bond acceptors (Lipinski definition) is 4. The fraction of sp³-hybridized carbons (Fsp3) is 0.250. The highest BCUT2D eigenvalue weighted by Gasteiger charge is 2.34. The molecule has 0 atom stereocenters. The Balaban J connectivity index is 1.54. The third-order valence-corrected chi connectivity index (χ3v) is 4.99. The molecule has 0 aromatic heterocycles. The highest BCUT2D eigenvalue weighted by molar-refractivity contribution is 7.98. The molecule has 1 N–H and O–H groups in total. The molecular weight excluding hydrogens is 348 g/mol. The van der Waals surface area contributed by atoms with Crippen LogP contribution >= 0.6 is 11.8 Å². The lowest BCUT2D eigenvalue weighted by Crippen LogP contribution is -2.31. The summed E-state index contributed by atoms with van der Waals surface area (Å²) >= 11 is 1.61. The van der Waals surface area contributed by atoms with Gasteiger partial charge in [0.2, 0.25) is 5.91 Å². The summed E-state index contributed by atoms with van der Waals surface area (Å²) in [6.07, 6.45) is 2.65. The number of nitrogens with zero attached hydrogens (tertiary/aromatic N) is 1. The van der Waals surface area contributed by atoms with E-state index in [1.54, 1.807) is 23.9 Å². The number of hydrogen-bond donors (Lipinski definition) is 1. The Morgan fingerprint density at radius 2 is 1.85 bits per heavy atom. The van der Waals surface area contributed by atoms with E-state index in [4.69, 9.17) is 0 Å². The van der Waals surface area contributed by atoms with E-state index in [-0.39, 0.29) is 30.7 Å². The Hall–Kier alpha value is -2.60. The number of anilines is 1. The van der Waals surface area contributed by atoms with Gasteiger partial charge in [0, 0.05) is 23.5 Å². The Labute approximate surface area is 156 Å². The lowest BCUT2D eigenvalue weighted by atomic mass is 10.1. The zero-order valence-corrected chi connectivity index (χ0v) is 15.6. The second-order valence-corrected chi connectivity index (χ2v) is 7.07. The van der Waals surface area contributed by atoms with E-state index in [1.165, 1.54) is 4.90 Å². The lowest BCUT2D eigenvalue weighted by molar-refractivity contribution is -0.116. The molecule has 0 radical (unpaired) electrons. The van der Waals surface area contributed by atoms with Crippen molar-refractivity contribution in [3.8, 4) is 0 Å². The van der Waals surface area contributed by atoms with Gasteiger partial charge < -0.3 is 5.32 Å². The molecule has 2 aromatic carbocycles. The Kier molecular flexibility index (Phi) is 5.42. The first-order chi connectivity index (χ1) is 12.5. The van der Waals surface area contributed by atoms with Gasteiger partial charge in [-0.25, -0.2) is 0 Å². The minimum Gasteiger partial charge on any atom is -0.326 e. The van der Waals surface area contributed by atoms with E-state index in [9.17, 15) is 14.4 Å². The van der Waals surface area contributed by atoms with Gasteiger partial charge in [0.05, 0.1) is 11.1 Å². The van der Waals surface area contributed by atoms with Crippen LogP contribution in [0.3, 0.4) is 0 Å². The standard InChI is InChI=1S/C20H20N2O3S/c1-13-8-9-16-17(11-13)20(25)22(19(16)24)10-4-7-18(23)21-14-5-3-6-15(12-14)26-2/h3,5-6,8-9,11-12H,4,7,10H2,1-2H3,(H,21,23). The Bertz CT molecular complexity index is 879. The SMILES string of the molecule is CSc1cccc(NC(=O)CCCN2C(=O)c3ccc(C)cc3C2=O)c1. The summed E-state index contributed by atoms with van der Waals surface area (Å²) in [7, 11) is 0. The molecule has 1 heterocycles. The van der Waals surface area contributed by atoms with Crippen LogP contribution in [0.15, 0.2) is 47.4 Å². The maximum absolute atomic E-state index is 12.4. The average molecular weight is 368 g/mol. The molecule has 6 heteroatoms. The van der Waals surface area contributed by atoms with E-state index in [2.05, 4.69) is 5.32 Å². The molecule has 0 fully saturated rings. The van der Waals surface area contributed by atoms with Crippen LogP contribution in [0.4, 0.5) is 5.69 Å². The first-order valence-corrected chi connectivity index (χ1v) is 9.63. The van der Waals surface area contributed by atoms with Gasteiger partial charge >= 0.3 is 0 Å². The fourth-order valence-corrected chi connectivity index (χ4v) is 3.39. The number of thioether (sulfide) groups is 1. The minimum atomic E-state index is -0.280. The quantitative estimate of drug-likeness (QED) is 0.623. The summed E-state index contributed by atoms with van der Waals surface area (Å²) in [4.78, 5) is 39.2. The first kappa shape index (κ1) is 18.2. The monoisotopic (exact) mass is 368 g/mol. The number of aryl methyl sites for hydroxylation is 1. The van der Waals surface area contributed by atoms with Crippen LogP contribution in [0, 0.1) is 6.92 Å². The van der Waals surface area contributed by atoms with Gasteiger partial charge in [-0.3, -0.25) is 19.3 Å². The number of carbonyl (C=O) groups is 3. The molecule has 2 aromatic rings. The predicted molar refractivity (Wildman–Crippen MR) is 103 cm³/mol. The maximum atomic E-state index is 12.4. The van der Waals surface area contributed by atoms with Crippen LogP contribution in [-0.4, -0.2) is 35.4 Å². The molecule has 0 bridgehead atoms. The van der Waals surface area contributed by atoms with Crippen molar-refractivity contribution >= 4 is 35.2 Å². The fourth-order valence-electron chi connectivity index (χ4n) is 2.93. The molecule has 0 saturated heterocycles. The van der Waals surface area contributed by atoms with Gasteiger partial charge in [-0.15, -0.1) is 11.8 Å². The van der Waals surface area contributed by atoms with Gasteiger partial charge in [-0.2, -0.15) is 0 Å². The highest BCUT2D eigenvalue weighted by Crippen LogP contribution is 2.24. The summed E-state index contributed by atoms with van der Waals surface area (Å²) < 4.78 is 0. The van der Waals surface area contributed by atoms with Crippen molar-refractivity contribution < 1.29 is 14.4 Å². The zero-order chi connectivity index (χ0) is 18.7. The third-order valence-electron chi connectivity index (χ3n) is 4.27. The van der Waals surface area contributed by atoms with Crippen LogP contribution in [0.1, 0.15) is 39.1 Å². The third kappa shape index (κ3) is 3.80. The van der Waals surface area contributed by atoms with Gasteiger partial charge in [0.1, 0.15) is 0 Å². The first-order valence-electron chi connectivity index (χ1n) is 8.40. The van der Waals surface area contributed by atoms with Crippen molar-refractivity contribution in [2.75, 3.05) is 18.1 Å². The molecule has 0 aliphatic carbocycles. The molecule has 3 amide bonds. The van der Waals surface area contributed by atoms with Gasteiger partial charge in [0.15, 0.2) is 0 Å². The molecule has 5 nitrogen and oxygen atoms in total. The van der Waals surface area contributed by atoms with Crippen molar-refractivity contribution in [1.29, 1.82) is 0 Å². The smallest absolute Gasteiger partial charge is 0.261 e. The molecule has 3 rings (SSSR count). The molecule has 1 aliphatic heterocycles. The second-order valence-electron chi connectivity index (χ2n) is 6.19. The number of imide groups is 1. The second kappa shape index (κ2) is 7.74. The van der Waals surface area contributed by atoms with Crippen molar-refractivity contribution in [2.24, 2.45) is 0 Å². The largest absolute Gasteiger partial charge is 0.326 e. The molecule has 1 aliphatic rings. The minimum absolute atomic E-state index is 0.129. The number of carbonyl (C=O) groups excluding carboxylic acids is 3. The Morgan fingerprint density at radius 3 is 2.62 bits per heavy atom. The summed E-state index contributed by atoms with van der Waals surface area (Å²) in [5.41, 5.74) is 2.59. The van der Waals surface area contributed by atoms with E-state index in [0.717, 1.165) is 16.1 Å².